The van der Waals surface area contributed by atoms with Crippen LogP contribution in [0.2, 0.25) is 0 Å². The molecule has 0 atom stereocenters. The van der Waals surface area contributed by atoms with Gasteiger partial charge in [0.1, 0.15) is 5.82 Å². The largest absolute Gasteiger partial charge is 0.364 e. The number of carbonyl (C=O) groups excluding carboxylic acids is 1. The van der Waals surface area contributed by atoms with Gasteiger partial charge in [0.05, 0.1) is 6.54 Å². The van der Waals surface area contributed by atoms with E-state index < -0.39 is 0 Å². The van der Waals surface area contributed by atoms with Crippen molar-refractivity contribution in [1.82, 2.24) is 20.0 Å². The fourth-order valence-corrected chi connectivity index (χ4v) is 2.90. The summed E-state index contributed by atoms with van der Waals surface area (Å²) in [5, 5.41) is 18.5. The Hall–Kier alpha value is -4.00. The molecule has 0 aliphatic heterocycles. The molecule has 29 heavy (non-hydrogen) atoms. The lowest BCUT2D eigenvalue weighted by Gasteiger charge is -2.11. The summed E-state index contributed by atoms with van der Waals surface area (Å²) >= 11 is 0. The lowest BCUT2D eigenvalue weighted by Crippen LogP contribution is -2.15. The molecule has 2 N–H and O–H groups in total. The van der Waals surface area contributed by atoms with Gasteiger partial charge in [-0.3, -0.25) is 9.48 Å². The van der Waals surface area contributed by atoms with Crippen molar-refractivity contribution >= 4 is 17.4 Å². The van der Waals surface area contributed by atoms with E-state index in [-0.39, 0.29) is 11.6 Å². The number of hydrogen-bond donors (Lipinski definition) is 2. The Balaban J connectivity index is 1.38. The Morgan fingerprint density at radius 2 is 1.66 bits per heavy atom. The first kappa shape index (κ1) is 18.4. The first-order valence-corrected chi connectivity index (χ1v) is 9.26. The van der Waals surface area contributed by atoms with Gasteiger partial charge in [0.25, 0.3) is 5.91 Å². The third-order valence-corrected chi connectivity index (χ3v) is 4.40. The maximum absolute atomic E-state index is 12.3. The van der Waals surface area contributed by atoms with Crippen LogP contribution in [-0.4, -0.2) is 25.9 Å². The van der Waals surface area contributed by atoms with E-state index in [0.717, 1.165) is 11.3 Å². The molecule has 0 bridgehead atoms. The Kier molecular flexibility index (Phi) is 5.57. The highest BCUT2D eigenvalue weighted by atomic mass is 16.1. The lowest BCUT2D eigenvalue weighted by molar-refractivity contribution is 0.102. The Morgan fingerprint density at radius 3 is 2.38 bits per heavy atom. The minimum absolute atomic E-state index is 0.262. The highest BCUT2D eigenvalue weighted by Gasteiger charge is 2.09. The Labute approximate surface area is 168 Å². The number of hydrogen-bond acceptors (Lipinski definition) is 5. The van der Waals surface area contributed by atoms with Crippen LogP contribution in [0, 0.1) is 0 Å². The first-order chi connectivity index (χ1) is 14.3. The normalized spacial score (nSPS) is 10.5. The Bertz CT molecular complexity index is 1060. The number of para-hydroxylation sites is 1. The summed E-state index contributed by atoms with van der Waals surface area (Å²) in [5.41, 5.74) is 3.31. The molecule has 2 aromatic carbocycles. The van der Waals surface area contributed by atoms with Crippen molar-refractivity contribution in [3.05, 3.63) is 102 Å². The average molecular weight is 384 g/mol. The second kappa shape index (κ2) is 8.79. The van der Waals surface area contributed by atoms with Crippen LogP contribution in [0.3, 0.4) is 0 Å². The van der Waals surface area contributed by atoms with Crippen LogP contribution in [0.5, 0.6) is 0 Å². The van der Waals surface area contributed by atoms with Crippen LogP contribution in [0.15, 0.2) is 85.2 Å². The molecule has 1 amide bonds. The summed E-state index contributed by atoms with van der Waals surface area (Å²) in [6, 6.07) is 22.7. The molecule has 0 spiro atoms. The quantitative estimate of drug-likeness (QED) is 0.509. The highest BCUT2D eigenvalue weighted by Crippen LogP contribution is 2.13. The van der Waals surface area contributed by atoms with Gasteiger partial charge < -0.3 is 10.6 Å². The van der Waals surface area contributed by atoms with E-state index in [4.69, 9.17) is 0 Å². The molecule has 7 nitrogen and oxygen atoms in total. The van der Waals surface area contributed by atoms with Gasteiger partial charge in [-0.15, -0.1) is 10.2 Å². The molecule has 0 radical (unpaired) electrons. The average Bonchev–Trinajstić information content (AvgIpc) is 3.27. The van der Waals surface area contributed by atoms with Gasteiger partial charge in [-0.25, -0.2) is 0 Å². The zero-order valence-electron chi connectivity index (χ0n) is 15.7. The monoisotopic (exact) mass is 384 g/mol. The summed E-state index contributed by atoms with van der Waals surface area (Å²) in [4.78, 5) is 12.3. The number of aromatic nitrogens is 4. The van der Waals surface area contributed by atoms with Crippen LogP contribution in [-0.2, 0) is 13.1 Å². The van der Waals surface area contributed by atoms with Crippen LogP contribution in [0.25, 0.3) is 0 Å². The van der Waals surface area contributed by atoms with E-state index in [1.807, 2.05) is 59.4 Å². The molecule has 0 fully saturated rings. The molecule has 2 aromatic heterocycles. The van der Waals surface area contributed by atoms with Crippen molar-refractivity contribution in [2.45, 2.75) is 13.1 Å². The van der Waals surface area contributed by atoms with E-state index in [9.17, 15) is 4.79 Å². The van der Waals surface area contributed by atoms with E-state index in [2.05, 4.69) is 38.1 Å². The zero-order chi connectivity index (χ0) is 19.9. The van der Waals surface area contributed by atoms with Crippen LogP contribution in [0.1, 0.15) is 21.6 Å². The third kappa shape index (κ3) is 4.84. The predicted octanol–water partition coefficient (Wildman–Crippen LogP) is 3.59. The predicted molar refractivity (Wildman–Crippen MR) is 112 cm³/mol. The van der Waals surface area contributed by atoms with Gasteiger partial charge in [-0.05, 0) is 41.5 Å². The minimum Gasteiger partial charge on any atom is -0.364 e. The van der Waals surface area contributed by atoms with Crippen LogP contribution < -0.4 is 10.6 Å². The molecule has 2 heterocycles. The van der Waals surface area contributed by atoms with Gasteiger partial charge >= 0.3 is 0 Å². The molecular formula is C22H20N6O. The van der Waals surface area contributed by atoms with Gasteiger partial charge in [-0.2, -0.15) is 5.10 Å². The van der Waals surface area contributed by atoms with Crippen LogP contribution in [0.4, 0.5) is 11.5 Å². The van der Waals surface area contributed by atoms with Gasteiger partial charge in [0.2, 0.25) is 0 Å². The topological polar surface area (TPSA) is 84.7 Å². The summed E-state index contributed by atoms with van der Waals surface area (Å²) in [5.74, 6) is 0.315. The molecule has 0 aliphatic carbocycles. The number of nitrogens with one attached hydrogen (secondary N) is 2. The number of amides is 1. The second-order valence-corrected chi connectivity index (χ2v) is 6.45. The molecule has 0 saturated heterocycles. The summed E-state index contributed by atoms with van der Waals surface area (Å²) < 4.78 is 1.89. The van der Waals surface area contributed by atoms with E-state index in [0.29, 0.717) is 18.9 Å². The van der Waals surface area contributed by atoms with Gasteiger partial charge in [0.15, 0.2) is 5.69 Å². The van der Waals surface area contributed by atoms with Crippen molar-refractivity contribution in [3.63, 3.8) is 0 Å². The number of nitrogens with zero attached hydrogens (tertiary/aromatic N) is 4. The number of anilines is 2. The first-order valence-electron chi connectivity index (χ1n) is 9.26. The maximum atomic E-state index is 12.3. The number of carbonyl (C=O) groups is 1. The van der Waals surface area contributed by atoms with E-state index in [1.165, 1.54) is 5.56 Å². The summed E-state index contributed by atoms with van der Waals surface area (Å²) in [7, 11) is 0. The number of rotatable bonds is 7. The third-order valence-electron chi connectivity index (χ3n) is 4.40. The molecule has 4 rings (SSSR count). The van der Waals surface area contributed by atoms with Crippen molar-refractivity contribution in [2.24, 2.45) is 0 Å². The maximum Gasteiger partial charge on any atom is 0.276 e. The van der Waals surface area contributed by atoms with Crippen molar-refractivity contribution in [2.75, 3.05) is 10.6 Å². The molecule has 4 aromatic rings. The standard InChI is InChI=1S/C22H20N6O/c29-22(25-19-9-2-1-3-10-19)20-11-12-21(27-26-20)23-15-17-7-4-5-8-18(17)16-28-14-6-13-24-28/h1-14H,15-16H2,(H,23,27)(H,25,29). The zero-order valence-corrected chi connectivity index (χ0v) is 15.7. The summed E-state index contributed by atoms with van der Waals surface area (Å²) in [6.07, 6.45) is 3.71. The van der Waals surface area contributed by atoms with Crippen molar-refractivity contribution in [3.8, 4) is 0 Å². The fourth-order valence-electron chi connectivity index (χ4n) is 2.90. The van der Waals surface area contributed by atoms with Gasteiger partial charge in [0, 0.05) is 24.6 Å². The SMILES string of the molecule is O=C(Nc1ccccc1)c1ccc(NCc2ccccc2Cn2cccn2)nn1. The van der Waals surface area contributed by atoms with Crippen molar-refractivity contribution in [1.29, 1.82) is 0 Å². The smallest absolute Gasteiger partial charge is 0.276 e. The van der Waals surface area contributed by atoms with E-state index >= 15 is 0 Å². The molecular weight excluding hydrogens is 364 g/mol. The molecule has 0 unspecified atom stereocenters. The molecule has 7 heteroatoms. The molecule has 0 aliphatic rings. The van der Waals surface area contributed by atoms with Gasteiger partial charge in [-0.1, -0.05) is 42.5 Å². The number of benzene rings is 2. The fraction of sp³-hybridized carbons (Fsp3) is 0.0909. The second-order valence-electron chi connectivity index (χ2n) is 6.45. The lowest BCUT2D eigenvalue weighted by atomic mass is 10.1. The van der Waals surface area contributed by atoms with Crippen LogP contribution >= 0.6 is 0 Å². The Morgan fingerprint density at radius 1 is 0.862 bits per heavy atom. The van der Waals surface area contributed by atoms with Crippen molar-refractivity contribution < 1.29 is 4.79 Å². The minimum atomic E-state index is -0.292. The molecule has 144 valence electrons. The highest BCUT2D eigenvalue weighted by molar-refractivity contribution is 6.02. The van der Waals surface area contributed by atoms with E-state index in [1.54, 1.807) is 18.3 Å². The molecule has 0 saturated carbocycles. The summed E-state index contributed by atoms with van der Waals surface area (Å²) in [6.45, 7) is 1.30.